The van der Waals surface area contributed by atoms with Crippen LogP contribution in [-0.2, 0) is 6.18 Å². The third-order valence-corrected chi connectivity index (χ3v) is 3.96. The number of ether oxygens (including phenoxy) is 1. The van der Waals surface area contributed by atoms with Crippen molar-refractivity contribution in [2.45, 2.75) is 45.4 Å². The number of hydrogen-bond acceptors (Lipinski definition) is 3. The summed E-state index contributed by atoms with van der Waals surface area (Å²) in [6, 6.07) is 1.22. The van der Waals surface area contributed by atoms with Crippen molar-refractivity contribution in [1.82, 2.24) is 9.97 Å². The Kier molecular flexibility index (Phi) is 4.42. The zero-order chi connectivity index (χ0) is 14.9. The summed E-state index contributed by atoms with van der Waals surface area (Å²) in [5.74, 6) is -0.288. The Bertz CT molecular complexity index is 481. The Morgan fingerprint density at radius 3 is 2.50 bits per heavy atom. The van der Waals surface area contributed by atoms with E-state index >= 15 is 0 Å². The number of nitrogens with zero attached hydrogens (tertiary/aromatic N) is 2. The van der Waals surface area contributed by atoms with Crippen LogP contribution in [0, 0.1) is 11.8 Å². The van der Waals surface area contributed by atoms with E-state index in [1.165, 1.54) is 6.07 Å². The Morgan fingerprint density at radius 2 is 1.90 bits per heavy atom. The molecule has 0 bridgehead atoms. The van der Waals surface area contributed by atoms with Gasteiger partial charge in [0.2, 0.25) is 11.7 Å². The zero-order valence-corrected chi connectivity index (χ0v) is 12.0. The molecule has 1 fully saturated rings. The van der Waals surface area contributed by atoms with Crippen molar-refractivity contribution in [2.24, 2.45) is 11.8 Å². The van der Waals surface area contributed by atoms with Crippen LogP contribution < -0.4 is 4.74 Å². The van der Waals surface area contributed by atoms with Crippen LogP contribution >= 0.6 is 11.6 Å². The van der Waals surface area contributed by atoms with Crippen LogP contribution in [0.1, 0.15) is 38.9 Å². The molecule has 1 aliphatic carbocycles. The molecule has 3 nitrogen and oxygen atoms in total. The highest BCUT2D eigenvalue weighted by molar-refractivity contribution is 6.29. The summed E-state index contributed by atoms with van der Waals surface area (Å²) in [5, 5.41) is -0.264. The molecule has 1 aromatic heterocycles. The largest absolute Gasteiger partial charge is 0.474 e. The van der Waals surface area contributed by atoms with Gasteiger partial charge in [0, 0.05) is 6.07 Å². The lowest BCUT2D eigenvalue weighted by Gasteiger charge is -2.31. The SMILES string of the molecule is CC1CCC(Oc2cc(Cl)nc(C(F)(F)F)n2)CC1C. The maximum atomic E-state index is 12.6. The number of aromatic nitrogens is 2. The third kappa shape index (κ3) is 3.75. The molecule has 0 aliphatic heterocycles. The monoisotopic (exact) mass is 308 g/mol. The van der Waals surface area contributed by atoms with Crippen LogP contribution in [0.25, 0.3) is 0 Å². The van der Waals surface area contributed by atoms with Gasteiger partial charge < -0.3 is 4.74 Å². The molecule has 0 spiro atoms. The van der Waals surface area contributed by atoms with Gasteiger partial charge in [-0.1, -0.05) is 25.4 Å². The summed E-state index contributed by atoms with van der Waals surface area (Å²) in [5.41, 5.74) is 0. The van der Waals surface area contributed by atoms with E-state index in [4.69, 9.17) is 16.3 Å². The Morgan fingerprint density at radius 1 is 1.20 bits per heavy atom. The second-order valence-corrected chi connectivity index (χ2v) is 5.75. The van der Waals surface area contributed by atoms with Crippen LogP contribution in [0.15, 0.2) is 6.07 Å². The quantitative estimate of drug-likeness (QED) is 0.762. The summed E-state index contributed by atoms with van der Waals surface area (Å²) in [6.45, 7) is 4.29. The van der Waals surface area contributed by atoms with Crippen molar-refractivity contribution in [2.75, 3.05) is 0 Å². The van der Waals surface area contributed by atoms with Gasteiger partial charge in [-0.25, -0.2) is 4.98 Å². The van der Waals surface area contributed by atoms with Gasteiger partial charge in [0.25, 0.3) is 0 Å². The van der Waals surface area contributed by atoms with E-state index in [-0.39, 0.29) is 17.1 Å². The number of hydrogen-bond donors (Lipinski definition) is 0. The summed E-state index contributed by atoms with van der Waals surface area (Å²) in [6.07, 6.45) is -2.12. The van der Waals surface area contributed by atoms with Gasteiger partial charge in [-0.3, -0.25) is 0 Å². The van der Waals surface area contributed by atoms with Crippen LogP contribution in [0.3, 0.4) is 0 Å². The summed E-state index contributed by atoms with van der Waals surface area (Å²) in [7, 11) is 0. The molecule has 0 saturated heterocycles. The first-order valence-corrected chi connectivity index (χ1v) is 6.92. The molecule has 112 valence electrons. The van der Waals surface area contributed by atoms with E-state index in [0.717, 1.165) is 19.3 Å². The van der Waals surface area contributed by atoms with Crippen LogP contribution in [-0.4, -0.2) is 16.1 Å². The number of halogens is 4. The first-order valence-electron chi connectivity index (χ1n) is 6.54. The van der Waals surface area contributed by atoms with Gasteiger partial charge in [-0.2, -0.15) is 18.2 Å². The lowest BCUT2D eigenvalue weighted by molar-refractivity contribution is -0.145. The second-order valence-electron chi connectivity index (χ2n) is 5.36. The topological polar surface area (TPSA) is 35.0 Å². The fourth-order valence-corrected chi connectivity index (χ4v) is 2.53. The molecule has 1 aromatic rings. The molecule has 1 heterocycles. The predicted molar refractivity (Wildman–Crippen MR) is 68.6 cm³/mol. The minimum atomic E-state index is -4.63. The second kappa shape index (κ2) is 5.76. The molecule has 0 N–H and O–H groups in total. The van der Waals surface area contributed by atoms with E-state index in [1.54, 1.807) is 0 Å². The van der Waals surface area contributed by atoms with Crippen molar-refractivity contribution in [3.05, 3.63) is 17.0 Å². The molecular formula is C13H16ClF3N2O. The normalized spacial score (nSPS) is 27.4. The zero-order valence-electron chi connectivity index (χ0n) is 11.2. The standard InChI is InChI=1S/C13H16ClF3N2O/c1-7-3-4-9(5-8(7)2)20-11-6-10(14)18-12(19-11)13(15,16)17/h6-9H,3-5H2,1-2H3. The maximum Gasteiger partial charge on any atom is 0.451 e. The van der Waals surface area contributed by atoms with Gasteiger partial charge in [0.05, 0.1) is 0 Å². The van der Waals surface area contributed by atoms with Crippen molar-refractivity contribution in [3.63, 3.8) is 0 Å². The van der Waals surface area contributed by atoms with Gasteiger partial charge in [0.15, 0.2) is 0 Å². The molecule has 0 radical (unpaired) electrons. The Hall–Kier alpha value is -1.04. The van der Waals surface area contributed by atoms with Crippen molar-refractivity contribution >= 4 is 11.6 Å². The van der Waals surface area contributed by atoms with Crippen LogP contribution in [0.2, 0.25) is 5.15 Å². The lowest BCUT2D eigenvalue weighted by Crippen LogP contribution is -2.29. The van der Waals surface area contributed by atoms with Crippen molar-refractivity contribution in [3.8, 4) is 5.88 Å². The molecule has 1 aliphatic rings. The Labute approximate surface area is 120 Å². The molecule has 3 unspecified atom stereocenters. The third-order valence-electron chi connectivity index (χ3n) is 3.76. The molecule has 3 atom stereocenters. The fraction of sp³-hybridized carbons (Fsp3) is 0.692. The van der Waals surface area contributed by atoms with Gasteiger partial charge in [-0.15, -0.1) is 0 Å². The highest BCUT2D eigenvalue weighted by Gasteiger charge is 2.36. The van der Waals surface area contributed by atoms with E-state index in [0.29, 0.717) is 11.8 Å². The summed E-state index contributed by atoms with van der Waals surface area (Å²) in [4.78, 5) is 6.57. The maximum absolute atomic E-state index is 12.6. The fourth-order valence-electron chi connectivity index (χ4n) is 2.36. The van der Waals surface area contributed by atoms with Crippen molar-refractivity contribution in [1.29, 1.82) is 0 Å². The van der Waals surface area contributed by atoms with E-state index in [2.05, 4.69) is 23.8 Å². The Balaban J connectivity index is 2.12. The molecule has 20 heavy (non-hydrogen) atoms. The summed E-state index contributed by atoms with van der Waals surface area (Å²) < 4.78 is 43.4. The molecule has 0 amide bonds. The average molecular weight is 309 g/mol. The highest BCUT2D eigenvalue weighted by Crippen LogP contribution is 2.33. The van der Waals surface area contributed by atoms with E-state index in [9.17, 15) is 13.2 Å². The number of alkyl halides is 3. The first-order chi connectivity index (χ1) is 9.25. The number of rotatable bonds is 2. The van der Waals surface area contributed by atoms with Gasteiger partial charge in [0.1, 0.15) is 11.3 Å². The molecule has 7 heteroatoms. The minimum Gasteiger partial charge on any atom is -0.474 e. The first kappa shape index (κ1) is 15.4. The molecule has 2 rings (SSSR count). The average Bonchev–Trinajstić information content (AvgIpc) is 2.32. The smallest absolute Gasteiger partial charge is 0.451 e. The highest BCUT2D eigenvalue weighted by atomic mass is 35.5. The van der Waals surface area contributed by atoms with Crippen LogP contribution in [0.4, 0.5) is 13.2 Å². The lowest BCUT2D eigenvalue weighted by atomic mass is 9.80. The van der Waals surface area contributed by atoms with E-state index < -0.39 is 12.0 Å². The van der Waals surface area contributed by atoms with Crippen LogP contribution in [0.5, 0.6) is 5.88 Å². The van der Waals surface area contributed by atoms with E-state index in [1.807, 2.05) is 0 Å². The summed E-state index contributed by atoms with van der Waals surface area (Å²) >= 11 is 5.59. The predicted octanol–water partition coefficient (Wildman–Crippen LogP) is 4.35. The molecule has 0 aromatic carbocycles. The molecule has 1 saturated carbocycles. The van der Waals surface area contributed by atoms with Crippen molar-refractivity contribution < 1.29 is 17.9 Å². The van der Waals surface area contributed by atoms with Gasteiger partial charge >= 0.3 is 6.18 Å². The molecular weight excluding hydrogens is 293 g/mol. The minimum absolute atomic E-state index is 0.107. The van der Waals surface area contributed by atoms with Gasteiger partial charge in [-0.05, 0) is 31.1 Å².